The summed E-state index contributed by atoms with van der Waals surface area (Å²) < 4.78 is 56.0. The smallest absolute Gasteiger partial charge is 0.244 e. The topological polar surface area (TPSA) is 128 Å². The first-order valence-electron chi connectivity index (χ1n) is 6.91. The molecule has 1 heterocycles. The number of para-hydroxylation sites is 1. The monoisotopic (exact) mass is 403 g/mol. The first kappa shape index (κ1) is 18.0. The van der Waals surface area contributed by atoms with E-state index >= 15 is 0 Å². The number of benzene rings is 2. The Labute approximate surface area is 150 Å². The number of fused-ring (bicyclic) bond motifs is 1. The van der Waals surface area contributed by atoms with Crippen LogP contribution in [0.4, 0.5) is 5.69 Å². The zero-order valence-electron chi connectivity index (χ0n) is 12.9. The van der Waals surface area contributed by atoms with E-state index in [1.54, 1.807) is 24.3 Å². The molecule has 3 rings (SSSR count). The number of nitrogens with two attached hydrogens (primary N) is 1. The molecule has 11 heteroatoms. The van der Waals surface area contributed by atoms with Crippen molar-refractivity contribution in [2.75, 3.05) is 12.4 Å². The van der Waals surface area contributed by atoms with Gasteiger partial charge in [-0.05, 0) is 18.2 Å². The highest BCUT2D eigenvalue weighted by Gasteiger charge is 2.33. The molecule has 1 aliphatic heterocycles. The zero-order chi connectivity index (χ0) is 18.4. The Morgan fingerprint density at radius 3 is 2.56 bits per heavy atom. The Hall–Kier alpha value is -1.85. The lowest BCUT2D eigenvalue weighted by Crippen LogP contribution is -2.38. The fourth-order valence-electron chi connectivity index (χ4n) is 2.54. The molecule has 0 amide bonds. The molecule has 4 N–H and O–H groups in total. The molecule has 2 aromatic carbocycles. The summed E-state index contributed by atoms with van der Waals surface area (Å²) in [5.41, 5.74) is 0.720. The minimum Gasteiger partial charge on any atom is -0.496 e. The van der Waals surface area contributed by atoms with E-state index in [-0.39, 0.29) is 15.6 Å². The summed E-state index contributed by atoms with van der Waals surface area (Å²) in [5, 5.41) is 7.87. The SMILES string of the molecule is COc1ccccc1[C@H]1Nc2cc(Cl)c(S(N)(=O)=O)cc2S(=O)(=O)N1. The zero-order valence-corrected chi connectivity index (χ0v) is 15.2. The van der Waals surface area contributed by atoms with Crippen molar-refractivity contribution < 1.29 is 21.6 Å². The Kier molecular flexibility index (Phi) is 4.41. The van der Waals surface area contributed by atoms with Crippen molar-refractivity contribution in [1.82, 2.24) is 4.72 Å². The quantitative estimate of drug-likeness (QED) is 0.710. The summed E-state index contributed by atoms with van der Waals surface area (Å²) >= 11 is 5.95. The molecule has 1 aliphatic rings. The second-order valence-electron chi connectivity index (χ2n) is 5.26. The molecule has 8 nitrogen and oxygen atoms in total. The van der Waals surface area contributed by atoms with Gasteiger partial charge in [0.2, 0.25) is 20.0 Å². The lowest BCUT2D eigenvalue weighted by atomic mass is 10.1. The molecule has 0 aromatic heterocycles. The Balaban J connectivity index is 2.15. The maximum absolute atomic E-state index is 12.6. The van der Waals surface area contributed by atoms with Crippen LogP contribution in [-0.2, 0) is 20.0 Å². The Bertz CT molecular complexity index is 1050. The predicted octanol–water partition coefficient (Wildman–Crippen LogP) is 1.40. The Morgan fingerprint density at radius 2 is 1.92 bits per heavy atom. The van der Waals surface area contributed by atoms with Gasteiger partial charge in [-0.25, -0.2) is 22.0 Å². The molecule has 0 saturated carbocycles. The lowest BCUT2D eigenvalue weighted by Gasteiger charge is -2.29. The molecule has 0 radical (unpaired) electrons. The van der Waals surface area contributed by atoms with Crippen molar-refractivity contribution in [2.24, 2.45) is 5.14 Å². The third-order valence-corrected chi connectivity index (χ3v) is 6.49. The molecule has 2 aromatic rings. The van der Waals surface area contributed by atoms with E-state index in [0.29, 0.717) is 11.3 Å². The number of ether oxygens (including phenoxy) is 1. The number of halogens is 1. The first-order valence-corrected chi connectivity index (χ1v) is 10.3. The van der Waals surface area contributed by atoms with Gasteiger partial charge < -0.3 is 10.1 Å². The molecule has 0 fully saturated rings. The molecular weight excluding hydrogens is 390 g/mol. The molecule has 0 unspecified atom stereocenters. The van der Waals surface area contributed by atoms with Crippen molar-refractivity contribution in [1.29, 1.82) is 0 Å². The summed E-state index contributed by atoms with van der Waals surface area (Å²) in [4.78, 5) is -0.720. The van der Waals surface area contributed by atoms with Gasteiger partial charge in [0.1, 0.15) is 21.7 Å². The second-order valence-corrected chi connectivity index (χ2v) is 8.88. The molecule has 0 bridgehead atoms. The van der Waals surface area contributed by atoms with Gasteiger partial charge in [-0.3, -0.25) is 0 Å². The van der Waals surface area contributed by atoms with Gasteiger partial charge >= 0.3 is 0 Å². The van der Waals surface area contributed by atoms with Crippen molar-refractivity contribution in [3.05, 3.63) is 47.0 Å². The minimum absolute atomic E-state index is 0.159. The van der Waals surface area contributed by atoms with Crippen LogP contribution in [0.15, 0.2) is 46.2 Å². The molecule has 0 spiro atoms. The molecule has 0 saturated heterocycles. The van der Waals surface area contributed by atoms with Crippen LogP contribution in [0.1, 0.15) is 11.7 Å². The number of sulfonamides is 2. The number of methoxy groups -OCH3 is 1. The summed E-state index contributed by atoms with van der Waals surface area (Å²) in [6, 6.07) is 9.03. The molecule has 25 heavy (non-hydrogen) atoms. The van der Waals surface area contributed by atoms with E-state index in [1.807, 2.05) is 0 Å². The lowest BCUT2D eigenvalue weighted by molar-refractivity contribution is 0.405. The number of rotatable bonds is 3. The van der Waals surface area contributed by atoms with Crippen LogP contribution in [0.5, 0.6) is 5.75 Å². The van der Waals surface area contributed by atoms with Crippen molar-refractivity contribution in [2.45, 2.75) is 16.0 Å². The second kappa shape index (κ2) is 6.15. The number of primary sulfonamides is 1. The van der Waals surface area contributed by atoms with Gasteiger partial charge in [0, 0.05) is 5.56 Å². The largest absolute Gasteiger partial charge is 0.496 e. The van der Waals surface area contributed by atoms with Crippen LogP contribution in [0.25, 0.3) is 0 Å². The summed E-state index contributed by atoms with van der Waals surface area (Å²) in [6.07, 6.45) is -0.815. The number of nitrogens with one attached hydrogen (secondary N) is 2. The molecule has 0 aliphatic carbocycles. The maximum atomic E-state index is 12.6. The van der Waals surface area contributed by atoms with Gasteiger partial charge in [-0.15, -0.1) is 0 Å². The fourth-order valence-corrected chi connectivity index (χ4v) is 5.01. The average molecular weight is 404 g/mol. The highest BCUT2D eigenvalue weighted by atomic mass is 35.5. The van der Waals surface area contributed by atoms with Gasteiger partial charge in [0.15, 0.2) is 0 Å². The van der Waals surface area contributed by atoms with Crippen molar-refractivity contribution in [3.63, 3.8) is 0 Å². The van der Waals surface area contributed by atoms with Crippen molar-refractivity contribution >= 4 is 37.3 Å². The van der Waals surface area contributed by atoms with Gasteiger partial charge in [0.05, 0.1) is 17.8 Å². The van der Waals surface area contributed by atoms with Crippen LogP contribution < -0.4 is 19.9 Å². The predicted molar refractivity (Wildman–Crippen MR) is 92.5 cm³/mol. The van der Waals surface area contributed by atoms with E-state index < -0.39 is 31.1 Å². The highest BCUT2D eigenvalue weighted by Crippen LogP contribution is 2.38. The fraction of sp³-hybridized carbons (Fsp3) is 0.143. The van der Waals surface area contributed by atoms with E-state index in [0.717, 1.165) is 6.07 Å². The average Bonchev–Trinajstić information content (AvgIpc) is 2.52. The van der Waals surface area contributed by atoms with Crippen LogP contribution in [0.2, 0.25) is 5.02 Å². The van der Waals surface area contributed by atoms with E-state index in [2.05, 4.69) is 10.0 Å². The summed E-state index contributed by atoms with van der Waals surface area (Å²) in [5.74, 6) is 0.485. The first-order chi connectivity index (χ1) is 11.6. The third-order valence-electron chi connectivity index (χ3n) is 3.65. The van der Waals surface area contributed by atoms with Gasteiger partial charge in [-0.2, -0.15) is 4.72 Å². The molecule has 134 valence electrons. The summed E-state index contributed by atoms with van der Waals surface area (Å²) in [7, 11) is -6.70. The summed E-state index contributed by atoms with van der Waals surface area (Å²) in [6.45, 7) is 0. The normalized spacial score (nSPS) is 18.9. The number of hydrogen-bond acceptors (Lipinski definition) is 6. The third kappa shape index (κ3) is 3.31. The van der Waals surface area contributed by atoms with E-state index in [1.165, 1.54) is 13.2 Å². The minimum atomic E-state index is -4.17. The Morgan fingerprint density at radius 1 is 1.24 bits per heavy atom. The van der Waals surface area contributed by atoms with Crippen LogP contribution in [-0.4, -0.2) is 23.9 Å². The number of anilines is 1. The number of hydrogen-bond donors (Lipinski definition) is 3. The van der Waals surface area contributed by atoms with E-state index in [9.17, 15) is 16.8 Å². The van der Waals surface area contributed by atoms with Crippen molar-refractivity contribution in [3.8, 4) is 5.75 Å². The van der Waals surface area contributed by atoms with Crippen LogP contribution in [0, 0.1) is 0 Å². The van der Waals surface area contributed by atoms with Crippen LogP contribution in [0.3, 0.4) is 0 Å². The molecular formula is C14H14ClN3O5S2. The van der Waals surface area contributed by atoms with Crippen LogP contribution >= 0.6 is 11.6 Å². The van der Waals surface area contributed by atoms with E-state index in [4.69, 9.17) is 21.5 Å². The highest BCUT2D eigenvalue weighted by molar-refractivity contribution is 7.90. The standard InChI is InChI=1S/C14H14ClN3O5S2/c1-23-11-5-3-2-4-8(11)14-17-10-6-9(15)12(24(16,19)20)7-13(10)25(21,22)18-14/h2-7,14,17-18H,1H3,(H2,16,19,20)/t14-/m0/s1. The van der Waals surface area contributed by atoms with Gasteiger partial charge in [-0.1, -0.05) is 29.8 Å². The van der Waals surface area contributed by atoms with Gasteiger partial charge in [0.25, 0.3) is 0 Å². The molecule has 1 atom stereocenters. The maximum Gasteiger partial charge on any atom is 0.244 e.